The quantitative estimate of drug-likeness (QED) is 0.758. The minimum atomic E-state index is -0.252. The van der Waals surface area contributed by atoms with Gasteiger partial charge >= 0.3 is 0 Å². The predicted molar refractivity (Wildman–Crippen MR) is 55.5 cm³/mol. The fourth-order valence-corrected chi connectivity index (χ4v) is 1.34. The van der Waals surface area contributed by atoms with Gasteiger partial charge in [0.15, 0.2) is 6.29 Å². The van der Waals surface area contributed by atoms with Gasteiger partial charge in [-0.1, -0.05) is 28.1 Å². The molecule has 0 bridgehead atoms. The fraction of sp³-hybridized carbons (Fsp3) is 0.400. The predicted octanol–water partition coefficient (Wildman–Crippen LogP) is 3.13. The summed E-state index contributed by atoms with van der Waals surface area (Å²) in [6.07, 6.45) is -0.252. The van der Waals surface area contributed by atoms with E-state index in [4.69, 9.17) is 9.47 Å². The lowest BCUT2D eigenvalue weighted by atomic mass is 10.2. The summed E-state index contributed by atoms with van der Waals surface area (Å²) >= 11 is 3.37. The highest BCUT2D eigenvalue weighted by Crippen LogP contribution is 2.20. The van der Waals surface area contributed by atoms with Crippen LogP contribution in [0, 0.1) is 0 Å². The van der Waals surface area contributed by atoms with Gasteiger partial charge in [0.2, 0.25) is 0 Å². The first-order valence-corrected chi connectivity index (χ1v) is 4.97. The topological polar surface area (TPSA) is 18.5 Å². The summed E-state index contributed by atoms with van der Waals surface area (Å²) < 4.78 is 11.6. The summed E-state index contributed by atoms with van der Waals surface area (Å²) in [4.78, 5) is 0. The number of methoxy groups -OCH3 is 1. The molecule has 0 spiro atoms. The van der Waals surface area contributed by atoms with Crippen molar-refractivity contribution < 1.29 is 9.47 Å². The number of rotatable bonds is 4. The van der Waals surface area contributed by atoms with Crippen molar-refractivity contribution in [3.05, 3.63) is 34.3 Å². The molecule has 0 saturated carbocycles. The Kier molecular flexibility index (Phi) is 4.42. The van der Waals surface area contributed by atoms with Gasteiger partial charge in [0.05, 0.1) is 0 Å². The summed E-state index contributed by atoms with van der Waals surface area (Å²) in [7, 11) is 1.64. The van der Waals surface area contributed by atoms with Crippen LogP contribution in [0.15, 0.2) is 28.7 Å². The molecular formula is C10H13BrO2. The zero-order valence-corrected chi connectivity index (χ0v) is 9.37. The van der Waals surface area contributed by atoms with Crippen molar-refractivity contribution in [3.8, 4) is 0 Å². The van der Waals surface area contributed by atoms with Gasteiger partial charge in [-0.05, 0) is 19.1 Å². The van der Waals surface area contributed by atoms with E-state index >= 15 is 0 Å². The van der Waals surface area contributed by atoms with E-state index in [-0.39, 0.29) is 6.29 Å². The second kappa shape index (κ2) is 5.37. The molecule has 13 heavy (non-hydrogen) atoms. The smallest absolute Gasteiger partial charge is 0.183 e. The SMILES string of the molecule is CCOC(OC)c1ccc(Br)cc1. The molecule has 2 nitrogen and oxygen atoms in total. The number of ether oxygens (including phenoxy) is 2. The van der Waals surface area contributed by atoms with Crippen molar-refractivity contribution in [2.45, 2.75) is 13.2 Å². The number of hydrogen-bond acceptors (Lipinski definition) is 2. The zero-order chi connectivity index (χ0) is 9.68. The second-order valence-corrected chi connectivity index (χ2v) is 3.49. The van der Waals surface area contributed by atoms with Crippen LogP contribution in [0.1, 0.15) is 18.8 Å². The molecule has 0 saturated heterocycles. The summed E-state index contributed by atoms with van der Waals surface area (Å²) in [6.45, 7) is 2.60. The molecule has 0 aliphatic heterocycles. The molecule has 0 radical (unpaired) electrons. The molecule has 0 amide bonds. The van der Waals surface area contributed by atoms with Crippen LogP contribution in [0.5, 0.6) is 0 Å². The highest BCUT2D eigenvalue weighted by atomic mass is 79.9. The zero-order valence-electron chi connectivity index (χ0n) is 7.79. The Balaban J connectivity index is 2.73. The standard InChI is InChI=1S/C10H13BrO2/c1-3-13-10(12-2)8-4-6-9(11)7-5-8/h4-7,10H,3H2,1-2H3. The second-order valence-electron chi connectivity index (χ2n) is 2.57. The molecule has 1 aromatic carbocycles. The van der Waals surface area contributed by atoms with E-state index in [2.05, 4.69) is 15.9 Å². The highest BCUT2D eigenvalue weighted by Gasteiger charge is 2.08. The van der Waals surface area contributed by atoms with Gasteiger partial charge in [0.25, 0.3) is 0 Å². The first-order valence-electron chi connectivity index (χ1n) is 4.17. The first-order chi connectivity index (χ1) is 6.27. The maximum absolute atomic E-state index is 5.38. The van der Waals surface area contributed by atoms with E-state index in [9.17, 15) is 0 Å². The molecule has 1 rings (SSSR count). The van der Waals surface area contributed by atoms with Crippen molar-refractivity contribution in [1.29, 1.82) is 0 Å². The lowest BCUT2D eigenvalue weighted by molar-refractivity contribution is -0.124. The molecule has 0 aliphatic carbocycles. The van der Waals surface area contributed by atoms with Gasteiger partial charge in [-0.3, -0.25) is 0 Å². The Hall–Kier alpha value is -0.380. The third-order valence-electron chi connectivity index (χ3n) is 1.67. The minimum Gasteiger partial charge on any atom is -0.352 e. The third kappa shape index (κ3) is 3.10. The first kappa shape index (κ1) is 10.7. The van der Waals surface area contributed by atoms with Gasteiger partial charge in [0.1, 0.15) is 0 Å². The fourth-order valence-electron chi connectivity index (χ4n) is 1.07. The third-order valence-corrected chi connectivity index (χ3v) is 2.20. The van der Waals surface area contributed by atoms with E-state index in [1.54, 1.807) is 7.11 Å². The van der Waals surface area contributed by atoms with E-state index in [0.29, 0.717) is 6.61 Å². The maximum atomic E-state index is 5.38. The lowest BCUT2D eigenvalue weighted by Gasteiger charge is -2.15. The number of benzene rings is 1. The molecular weight excluding hydrogens is 232 g/mol. The molecule has 1 atom stereocenters. The molecule has 0 fully saturated rings. The average Bonchev–Trinajstić information content (AvgIpc) is 2.16. The molecule has 72 valence electrons. The lowest BCUT2D eigenvalue weighted by Crippen LogP contribution is -2.05. The van der Waals surface area contributed by atoms with Gasteiger partial charge < -0.3 is 9.47 Å². The number of hydrogen-bond donors (Lipinski definition) is 0. The average molecular weight is 245 g/mol. The van der Waals surface area contributed by atoms with E-state index < -0.39 is 0 Å². The summed E-state index contributed by atoms with van der Waals surface area (Å²) in [5.41, 5.74) is 1.03. The van der Waals surface area contributed by atoms with Crippen LogP contribution < -0.4 is 0 Å². The van der Waals surface area contributed by atoms with Crippen LogP contribution in [-0.4, -0.2) is 13.7 Å². The summed E-state index contributed by atoms with van der Waals surface area (Å²) in [5.74, 6) is 0. The Morgan fingerprint density at radius 2 is 1.92 bits per heavy atom. The van der Waals surface area contributed by atoms with Gasteiger partial charge in [-0.15, -0.1) is 0 Å². The van der Waals surface area contributed by atoms with Crippen LogP contribution in [0.25, 0.3) is 0 Å². The molecule has 0 aromatic heterocycles. The van der Waals surface area contributed by atoms with E-state index in [0.717, 1.165) is 10.0 Å². The molecule has 1 aromatic rings. The molecule has 0 N–H and O–H groups in total. The molecule has 0 aliphatic rings. The Labute approximate surface area is 87.0 Å². The van der Waals surface area contributed by atoms with E-state index in [1.807, 2.05) is 31.2 Å². The van der Waals surface area contributed by atoms with Crippen molar-refractivity contribution in [1.82, 2.24) is 0 Å². The molecule has 0 heterocycles. The maximum Gasteiger partial charge on any atom is 0.183 e. The van der Waals surface area contributed by atoms with Crippen LogP contribution in [0.2, 0.25) is 0 Å². The Morgan fingerprint density at radius 1 is 1.31 bits per heavy atom. The van der Waals surface area contributed by atoms with Crippen LogP contribution in [-0.2, 0) is 9.47 Å². The van der Waals surface area contributed by atoms with Gasteiger partial charge in [-0.2, -0.15) is 0 Å². The van der Waals surface area contributed by atoms with Crippen molar-refractivity contribution >= 4 is 15.9 Å². The van der Waals surface area contributed by atoms with Crippen LogP contribution in [0.4, 0.5) is 0 Å². The van der Waals surface area contributed by atoms with E-state index in [1.165, 1.54) is 0 Å². The van der Waals surface area contributed by atoms with Crippen molar-refractivity contribution in [3.63, 3.8) is 0 Å². The minimum absolute atomic E-state index is 0.252. The Bertz CT molecular complexity index is 246. The molecule has 3 heteroatoms. The summed E-state index contributed by atoms with van der Waals surface area (Å²) in [6, 6.07) is 7.91. The monoisotopic (exact) mass is 244 g/mol. The van der Waals surface area contributed by atoms with Crippen LogP contribution in [0.3, 0.4) is 0 Å². The van der Waals surface area contributed by atoms with Crippen molar-refractivity contribution in [2.75, 3.05) is 13.7 Å². The normalized spacial score (nSPS) is 12.8. The largest absolute Gasteiger partial charge is 0.352 e. The number of halogens is 1. The van der Waals surface area contributed by atoms with Crippen molar-refractivity contribution in [2.24, 2.45) is 0 Å². The molecule has 1 unspecified atom stereocenters. The highest BCUT2D eigenvalue weighted by molar-refractivity contribution is 9.10. The van der Waals surface area contributed by atoms with Gasteiger partial charge in [0, 0.05) is 23.8 Å². The Morgan fingerprint density at radius 3 is 2.38 bits per heavy atom. The van der Waals surface area contributed by atoms with Crippen LogP contribution >= 0.6 is 15.9 Å². The summed E-state index contributed by atoms with van der Waals surface area (Å²) in [5, 5.41) is 0. The van der Waals surface area contributed by atoms with Gasteiger partial charge in [-0.25, -0.2) is 0 Å².